The number of halogens is 2. The zero-order chi connectivity index (χ0) is 26.0. The number of nitrogens with one attached hydrogen (secondary N) is 2. The van der Waals surface area contributed by atoms with Gasteiger partial charge in [-0.05, 0) is 79.1 Å². The summed E-state index contributed by atoms with van der Waals surface area (Å²) < 4.78 is 14.0. The quantitative estimate of drug-likeness (QED) is 0.415. The number of carbonyl (C=O) groups is 3. The minimum Gasteiger partial charge on any atom is -0.343 e. The Morgan fingerprint density at radius 2 is 1.81 bits per heavy atom. The zero-order valence-electron chi connectivity index (χ0n) is 20.1. The molecule has 0 spiro atoms. The predicted octanol–water partition coefficient (Wildman–Crippen LogP) is 5.42. The molecule has 1 aliphatic heterocycles. The molecular formula is C28H26ClFN4O3. The number of amides is 3. The fourth-order valence-corrected chi connectivity index (χ4v) is 4.85. The Labute approximate surface area is 219 Å². The van der Waals surface area contributed by atoms with Gasteiger partial charge in [-0.15, -0.1) is 0 Å². The van der Waals surface area contributed by atoms with Gasteiger partial charge >= 0.3 is 0 Å². The van der Waals surface area contributed by atoms with Crippen molar-refractivity contribution in [3.8, 4) is 0 Å². The van der Waals surface area contributed by atoms with Crippen LogP contribution in [0.4, 0.5) is 15.9 Å². The molecule has 2 heterocycles. The summed E-state index contributed by atoms with van der Waals surface area (Å²) in [7, 11) is 0. The monoisotopic (exact) mass is 520 g/mol. The standard InChI is InChI=1S/C28H26ClFN4O3/c29-20-7-10-24(31-17-20)33-27(37)22-16-21(30)8-9-23(22)32-26(36)18-3-5-19(6-4-18)28(11-12-28)13-15-34-14-1-2-25(34)35/h3-10,16-17H,1-2,11-15H2,(H,32,36)(H,31,33,37). The van der Waals surface area contributed by atoms with Gasteiger partial charge in [-0.25, -0.2) is 9.37 Å². The lowest BCUT2D eigenvalue weighted by Crippen LogP contribution is -2.28. The second-order valence-corrected chi connectivity index (χ2v) is 9.99. The summed E-state index contributed by atoms with van der Waals surface area (Å²) in [4.78, 5) is 43.7. The van der Waals surface area contributed by atoms with E-state index in [0.717, 1.165) is 50.4 Å². The van der Waals surface area contributed by atoms with Gasteiger partial charge in [-0.2, -0.15) is 0 Å². The van der Waals surface area contributed by atoms with E-state index in [-0.39, 0.29) is 28.4 Å². The van der Waals surface area contributed by atoms with Crippen molar-refractivity contribution in [2.24, 2.45) is 0 Å². The first-order valence-electron chi connectivity index (χ1n) is 12.3. The van der Waals surface area contributed by atoms with E-state index in [1.165, 1.54) is 24.4 Å². The largest absolute Gasteiger partial charge is 0.343 e. The Morgan fingerprint density at radius 3 is 2.46 bits per heavy atom. The Morgan fingerprint density at radius 1 is 1.03 bits per heavy atom. The Bertz CT molecular complexity index is 1340. The molecule has 3 aromatic rings. The van der Waals surface area contributed by atoms with Gasteiger partial charge in [-0.3, -0.25) is 14.4 Å². The van der Waals surface area contributed by atoms with Crippen LogP contribution in [0.25, 0.3) is 0 Å². The number of hydrogen-bond acceptors (Lipinski definition) is 4. The molecule has 2 fully saturated rings. The molecule has 9 heteroatoms. The van der Waals surface area contributed by atoms with Crippen molar-refractivity contribution < 1.29 is 18.8 Å². The summed E-state index contributed by atoms with van der Waals surface area (Å²) in [6, 6.07) is 14.1. The van der Waals surface area contributed by atoms with E-state index in [2.05, 4.69) is 15.6 Å². The molecule has 1 saturated carbocycles. The maximum absolute atomic E-state index is 14.0. The van der Waals surface area contributed by atoms with E-state index in [4.69, 9.17) is 11.6 Å². The third-order valence-electron chi connectivity index (χ3n) is 7.09. The van der Waals surface area contributed by atoms with Crippen LogP contribution in [-0.4, -0.2) is 40.7 Å². The lowest BCUT2D eigenvalue weighted by Gasteiger charge is -2.21. The molecule has 190 valence electrons. The number of anilines is 2. The van der Waals surface area contributed by atoms with Crippen LogP contribution in [0.5, 0.6) is 0 Å². The van der Waals surface area contributed by atoms with Crippen molar-refractivity contribution in [2.75, 3.05) is 23.7 Å². The van der Waals surface area contributed by atoms with Crippen LogP contribution in [-0.2, 0) is 10.2 Å². The zero-order valence-corrected chi connectivity index (χ0v) is 20.9. The molecule has 1 aromatic heterocycles. The van der Waals surface area contributed by atoms with E-state index in [1.807, 2.05) is 17.0 Å². The van der Waals surface area contributed by atoms with Crippen LogP contribution in [0.3, 0.4) is 0 Å². The summed E-state index contributed by atoms with van der Waals surface area (Å²) in [5.41, 5.74) is 1.79. The SMILES string of the molecule is O=C(Nc1ccc(F)cc1C(=O)Nc1ccc(Cl)cn1)c1ccc(C2(CCN3CCCC3=O)CC2)cc1. The number of nitrogens with zero attached hydrogens (tertiary/aromatic N) is 2. The summed E-state index contributed by atoms with van der Waals surface area (Å²) in [5.74, 6) is -1.16. The number of rotatable bonds is 8. The highest BCUT2D eigenvalue weighted by atomic mass is 35.5. The van der Waals surface area contributed by atoms with Crippen LogP contribution < -0.4 is 10.6 Å². The molecule has 5 rings (SSSR count). The van der Waals surface area contributed by atoms with Gasteiger partial charge < -0.3 is 15.5 Å². The van der Waals surface area contributed by atoms with Crippen molar-refractivity contribution in [2.45, 2.75) is 37.5 Å². The lowest BCUT2D eigenvalue weighted by atomic mass is 9.91. The molecule has 0 bridgehead atoms. The Kier molecular flexibility index (Phi) is 6.93. The van der Waals surface area contributed by atoms with Gasteiger partial charge in [0.25, 0.3) is 11.8 Å². The first-order valence-corrected chi connectivity index (χ1v) is 12.6. The smallest absolute Gasteiger partial charge is 0.259 e. The van der Waals surface area contributed by atoms with E-state index < -0.39 is 17.6 Å². The number of pyridine rings is 1. The number of aromatic nitrogens is 1. The van der Waals surface area contributed by atoms with Crippen LogP contribution >= 0.6 is 11.6 Å². The Balaban J connectivity index is 1.26. The lowest BCUT2D eigenvalue weighted by molar-refractivity contribution is -0.127. The molecule has 3 amide bonds. The van der Waals surface area contributed by atoms with Crippen molar-refractivity contribution >= 4 is 40.8 Å². The molecule has 0 atom stereocenters. The fourth-order valence-electron chi connectivity index (χ4n) is 4.74. The molecule has 2 N–H and O–H groups in total. The van der Waals surface area contributed by atoms with Crippen molar-refractivity contribution in [3.63, 3.8) is 0 Å². The van der Waals surface area contributed by atoms with Crippen molar-refractivity contribution in [3.05, 3.63) is 88.3 Å². The topological polar surface area (TPSA) is 91.4 Å². The second kappa shape index (κ2) is 10.3. The molecule has 1 aliphatic carbocycles. The minimum atomic E-state index is -0.618. The van der Waals surface area contributed by atoms with Crippen LogP contribution in [0.15, 0.2) is 60.8 Å². The highest BCUT2D eigenvalue weighted by Gasteiger charge is 2.44. The maximum Gasteiger partial charge on any atom is 0.259 e. The van der Waals surface area contributed by atoms with Crippen molar-refractivity contribution in [1.82, 2.24) is 9.88 Å². The third kappa shape index (κ3) is 5.64. The normalized spacial score (nSPS) is 15.9. The number of hydrogen-bond donors (Lipinski definition) is 2. The van der Waals surface area contributed by atoms with Gasteiger partial charge in [0, 0.05) is 31.3 Å². The van der Waals surface area contributed by atoms with Crippen LogP contribution in [0, 0.1) is 5.82 Å². The summed E-state index contributed by atoms with van der Waals surface area (Å²) in [5, 5.41) is 5.71. The fraction of sp³-hybridized carbons (Fsp3) is 0.286. The minimum absolute atomic E-state index is 0.0323. The summed E-state index contributed by atoms with van der Waals surface area (Å²) in [6.07, 6.45) is 6.01. The van der Waals surface area contributed by atoms with E-state index in [1.54, 1.807) is 18.2 Å². The molecule has 0 unspecified atom stereocenters. The van der Waals surface area contributed by atoms with Crippen molar-refractivity contribution in [1.29, 1.82) is 0 Å². The predicted molar refractivity (Wildman–Crippen MR) is 139 cm³/mol. The van der Waals surface area contributed by atoms with Crippen LogP contribution in [0.1, 0.15) is 58.4 Å². The van der Waals surface area contributed by atoms with Gasteiger partial charge in [0.1, 0.15) is 11.6 Å². The number of likely N-dealkylation sites (tertiary alicyclic amines) is 1. The van der Waals surface area contributed by atoms with Gasteiger partial charge in [0.15, 0.2) is 0 Å². The van der Waals surface area contributed by atoms with Gasteiger partial charge in [0.2, 0.25) is 5.91 Å². The highest BCUT2D eigenvalue weighted by molar-refractivity contribution is 6.30. The maximum atomic E-state index is 14.0. The van der Waals surface area contributed by atoms with E-state index >= 15 is 0 Å². The third-order valence-corrected chi connectivity index (χ3v) is 7.31. The van der Waals surface area contributed by atoms with Gasteiger partial charge in [-0.1, -0.05) is 23.7 Å². The molecule has 2 aromatic carbocycles. The highest BCUT2D eigenvalue weighted by Crippen LogP contribution is 2.51. The molecule has 1 saturated heterocycles. The second-order valence-electron chi connectivity index (χ2n) is 9.55. The van der Waals surface area contributed by atoms with E-state index in [9.17, 15) is 18.8 Å². The van der Waals surface area contributed by atoms with Gasteiger partial charge in [0.05, 0.1) is 16.3 Å². The molecule has 0 radical (unpaired) electrons. The van der Waals surface area contributed by atoms with E-state index in [0.29, 0.717) is 17.0 Å². The number of carbonyl (C=O) groups excluding carboxylic acids is 3. The summed E-state index contributed by atoms with van der Waals surface area (Å²) in [6.45, 7) is 1.61. The first kappa shape index (κ1) is 24.9. The molecule has 37 heavy (non-hydrogen) atoms. The summed E-state index contributed by atoms with van der Waals surface area (Å²) >= 11 is 5.83. The average Bonchev–Trinajstić information content (AvgIpc) is 3.58. The number of benzene rings is 2. The molecule has 2 aliphatic rings. The first-order chi connectivity index (χ1) is 17.8. The molecule has 7 nitrogen and oxygen atoms in total. The Hall–Kier alpha value is -3.78. The average molecular weight is 521 g/mol. The molecular weight excluding hydrogens is 495 g/mol. The van der Waals surface area contributed by atoms with Crippen LogP contribution in [0.2, 0.25) is 5.02 Å².